The largest absolute Gasteiger partial charge is 0.383 e. The number of thioether (sulfide) groups is 1. The Morgan fingerprint density at radius 3 is 2.80 bits per heavy atom. The smallest absolute Gasteiger partial charge is 0.180 e. The predicted molar refractivity (Wildman–Crippen MR) is 82.2 cm³/mol. The Hall–Kier alpha value is -2.14. The summed E-state index contributed by atoms with van der Waals surface area (Å²) in [5, 5.41) is 1.11. The highest BCUT2D eigenvalue weighted by Gasteiger charge is 2.19. The highest BCUT2D eigenvalue weighted by atomic mass is 32.2. The van der Waals surface area contributed by atoms with E-state index in [9.17, 15) is 0 Å². The second-order valence-corrected chi connectivity index (χ2v) is 5.73. The van der Waals surface area contributed by atoms with Crippen LogP contribution in [-0.2, 0) is 11.5 Å². The average Bonchev–Trinajstić information content (AvgIpc) is 2.96. The van der Waals surface area contributed by atoms with Crippen molar-refractivity contribution < 1.29 is 0 Å². The lowest BCUT2D eigenvalue weighted by molar-refractivity contribution is 1.07. The number of pyridine rings is 1. The zero-order valence-electron chi connectivity index (χ0n) is 10.7. The van der Waals surface area contributed by atoms with Gasteiger partial charge in [-0.1, -0.05) is 24.3 Å². The van der Waals surface area contributed by atoms with Crippen molar-refractivity contribution in [1.82, 2.24) is 15.0 Å². The Labute approximate surface area is 120 Å². The molecule has 0 aliphatic carbocycles. The highest BCUT2D eigenvalue weighted by Crippen LogP contribution is 2.33. The molecule has 1 aromatic carbocycles. The first-order chi connectivity index (χ1) is 9.81. The van der Waals surface area contributed by atoms with E-state index in [1.54, 1.807) is 0 Å². The van der Waals surface area contributed by atoms with Crippen LogP contribution < -0.4 is 5.73 Å². The molecule has 5 heteroatoms. The number of hydrogen-bond acceptors (Lipinski definition) is 5. The van der Waals surface area contributed by atoms with Gasteiger partial charge in [-0.3, -0.25) is 0 Å². The molecule has 3 heterocycles. The first kappa shape index (κ1) is 11.7. The summed E-state index contributed by atoms with van der Waals surface area (Å²) >= 11 is 1.82. The molecule has 2 aromatic heterocycles. The third kappa shape index (κ3) is 1.82. The summed E-state index contributed by atoms with van der Waals surface area (Å²) in [5.41, 5.74) is 9.88. The molecule has 20 heavy (non-hydrogen) atoms. The zero-order chi connectivity index (χ0) is 13.5. The normalized spacial score (nSPS) is 13.6. The van der Waals surface area contributed by atoms with Crippen LogP contribution in [0, 0.1) is 0 Å². The van der Waals surface area contributed by atoms with E-state index in [0.29, 0.717) is 11.6 Å². The fraction of sp³-hybridized carbons (Fsp3) is 0.133. The molecular formula is C15H12N4S. The fourth-order valence-corrected chi connectivity index (χ4v) is 3.43. The zero-order valence-corrected chi connectivity index (χ0v) is 11.5. The number of hydrogen-bond donors (Lipinski definition) is 1. The van der Waals surface area contributed by atoms with Crippen LogP contribution in [0.2, 0.25) is 0 Å². The summed E-state index contributed by atoms with van der Waals surface area (Å²) in [7, 11) is 0. The molecule has 3 aromatic rings. The van der Waals surface area contributed by atoms with Crippen molar-refractivity contribution in [2.75, 3.05) is 5.73 Å². The van der Waals surface area contributed by atoms with Crippen molar-refractivity contribution in [3.05, 3.63) is 47.7 Å². The van der Waals surface area contributed by atoms with Gasteiger partial charge in [-0.25, -0.2) is 15.0 Å². The average molecular weight is 280 g/mol. The minimum atomic E-state index is 0.588. The molecule has 98 valence electrons. The maximum absolute atomic E-state index is 6.03. The molecule has 0 saturated heterocycles. The maximum Gasteiger partial charge on any atom is 0.180 e. The van der Waals surface area contributed by atoms with E-state index < -0.39 is 0 Å². The van der Waals surface area contributed by atoms with Gasteiger partial charge in [0, 0.05) is 22.5 Å². The van der Waals surface area contributed by atoms with Crippen molar-refractivity contribution in [3.8, 4) is 11.5 Å². The molecular weight excluding hydrogens is 268 g/mol. The van der Waals surface area contributed by atoms with Crippen LogP contribution in [0.3, 0.4) is 0 Å². The monoisotopic (exact) mass is 280 g/mol. The molecule has 0 amide bonds. The number of benzene rings is 1. The van der Waals surface area contributed by atoms with E-state index in [0.717, 1.165) is 39.4 Å². The van der Waals surface area contributed by atoms with Crippen LogP contribution in [0.25, 0.3) is 22.4 Å². The lowest BCUT2D eigenvalue weighted by atomic mass is 10.2. The minimum Gasteiger partial charge on any atom is -0.383 e. The van der Waals surface area contributed by atoms with Crippen LogP contribution >= 0.6 is 11.8 Å². The third-order valence-electron chi connectivity index (χ3n) is 3.44. The third-order valence-corrected chi connectivity index (χ3v) is 4.41. The number of aromatic nitrogens is 3. The summed E-state index contributed by atoms with van der Waals surface area (Å²) in [6.07, 6.45) is 0. The number of fused-ring (bicyclic) bond motifs is 2. The topological polar surface area (TPSA) is 64.7 Å². The minimum absolute atomic E-state index is 0.588. The molecule has 4 nitrogen and oxygen atoms in total. The van der Waals surface area contributed by atoms with Crippen molar-refractivity contribution in [2.24, 2.45) is 0 Å². The van der Waals surface area contributed by atoms with E-state index in [4.69, 9.17) is 5.73 Å². The molecule has 2 N–H and O–H groups in total. The van der Waals surface area contributed by atoms with Crippen molar-refractivity contribution >= 4 is 28.5 Å². The van der Waals surface area contributed by atoms with Gasteiger partial charge in [0.2, 0.25) is 0 Å². The van der Waals surface area contributed by atoms with Gasteiger partial charge in [0.25, 0.3) is 0 Å². The molecule has 1 aliphatic rings. The predicted octanol–water partition coefficient (Wildman–Crippen LogP) is 3.02. The summed E-state index contributed by atoms with van der Waals surface area (Å²) < 4.78 is 0. The van der Waals surface area contributed by atoms with Gasteiger partial charge in [-0.05, 0) is 12.1 Å². The van der Waals surface area contributed by atoms with Gasteiger partial charge in [0.05, 0.1) is 11.2 Å². The van der Waals surface area contributed by atoms with Gasteiger partial charge in [-0.15, -0.1) is 0 Å². The molecule has 0 unspecified atom stereocenters. The number of anilines is 1. The molecule has 0 atom stereocenters. The highest BCUT2D eigenvalue weighted by molar-refractivity contribution is 7.98. The first-order valence-corrected chi connectivity index (χ1v) is 7.56. The van der Waals surface area contributed by atoms with E-state index >= 15 is 0 Å². The standard InChI is InChI=1S/C15H12N4S/c16-14-10-7-20-8-13(10)18-15(19-14)12-6-5-9-3-1-2-4-11(9)17-12/h1-6H,7-8H2,(H2,16,18,19). The Bertz CT molecular complexity index is 816. The van der Waals surface area contributed by atoms with Crippen LogP contribution in [0.4, 0.5) is 5.82 Å². The molecule has 1 aliphatic heterocycles. The lowest BCUT2D eigenvalue weighted by Crippen LogP contribution is -2.03. The summed E-state index contributed by atoms with van der Waals surface area (Å²) in [6, 6.07) is 12.0. The second-order valence-electron chi connectivity index (χ2n) is 4.74. The number of para-hydroxylation sites is 1. The molecule has 0 saturated carbocycles. The molecule has 0 bridgehead atoms. The number of nitrogens with two attached hydrogens (primary N) is 1. The van der Waals surface area contributed by atoms with Gasteiger partial charge in [0.15, 0.2) is 5.82 Å². The SMILES string of the molecule is Nc1nc(-c2ccc3ccccc3n2)nc2c1CSC2. The Morgan fingerprint density at radius 1 is 0.950 bits per heavy atom. The first-order valence-electron chi connectivity index (χ1n) is 6.40. The Balaban J connectivity index is 1.88. The van der Waals surface area contributed by atoms with E-state index in [-0.39, 0.29) is 0 Å². The Morgan fingerprint density at radius 2 is 1.85 bits per heavy atom. The molecule has 4 rings (SSSR count). The van der Waals surface area contributed by atoms with Crippen LogP contribution in [-0.4, -0.2) is 15.0 Å². The maximum atomic E-state index is 6.03. The fourth-order valence-electron chi connectivity index (χ4n) is 2.38. The van der Waals surface area contributed by atoms with E-state index in [2.05, 4.69) is 15.0 Å². The number of rotatable bonds is 1. The number of nitrogen functional groups attached to an aromatic ring is 1. The van der Waals surface area contributed by atoms with Crippen LogP contribution in [0.5, 0.6) is 0 Å². The second kappa shape index (κ2) is 4.45. The van der Waals surface area contributed by atoms with Gasteiger partial charge >= 0.3 is 0 Å². The number of nitrogens with zero attached hydrogens (tertiary/aromatic N) is 3. The summed E-state index contributed by atoms with van der Waals surface area (Å²) in [5.74, 6) is 3.02. The van der Waals surface area contributed by atoms with Crippen molar-refractivity contribution in [2.45, 2.75) is 11.5 Å². The van der Waals surface area contributed by atoms with Crippen LogP contribution in [0.1, 0.15) is 11.3 Å². The van der Waals surface area contributed by atoms with Gasteiger partial charge in [-0.2, -0.15) is 11.8 Å². The van der Waals surface area contributed by atoms with E-state index in [1.165, 1.54) is 0 Å². The Kier molecular flexibility index (Phi) is 2.60. The van der Waals surface area contributed by atoms with Gasteiger partial charge in [0.1, 0.15) is 11.5 Å². The van der Waals surface area contributed by atoms with Crippen molar-refractivity contribution in [1.29, 1.82) is 0 Å². The summed E-state index contributed by atoms with van der Waals surface area (Å²) in [4.78, 5) is 13.7. The molecule has 0 radical (unpaired) electrons. The van der Waals surface area contributed by atoms with Gasteiger partial charge < -0.3 is 5.73 Å². The van der Waals surface area contributed by atoms with E-state index in [1.807, 2.05) is 48.2 Å². The van der Waals surface area contributed by atoms with Crippen LogP contribution in [0.15, 0.2) is 36.4 Å². The van der Waals surface area contributed by atoms with Crippen molar-refractivity contribution in [3.63, 3.8) is 0 Å². The molecule has 0 fully saturated rings. The molecule has 0 spiro atoms. The quantitative estimate of drug-likeness (QED) is 0.742. The lowest BCUT2D eigenvalue weighted by Gasteiger charge is -2.06. The summed E-state index contributed by atoms with van der Waals surface area (Å²) in [6.45, 7) is 0.